The molecule has 0 spiro atoms. The van der Waals surface area contributed by atoms with E-state index in [0.717, 1.165) is 5.56 Å². The largest absolute Gasteiger partial charge is 0.479 e. The Balaban J connectivity index is 1.73. The number of halogens is 1. The molecule has 0 aliphatic rings. The molecule has 142 valence electrons. The van der Waals surface area contributed by atoms with Crippen LogP contribution in [0.3, 0.4) is 0 Å². The Morgan fingerprint density at radius 3 is 2.44 bits per heavy atom. The molecule has 2 N–H and O–H groups in total. The smallest absolute Gasteiger partial charge is 0.347 e. The molecule has 0 bridgehead atoms. The van der Waals surface area contributed by atoms with Gasteiger partial charge in [-0.3, -0.25) is 20.4 Å². The zero-order chi connectivity index (χ0) is 19.8. The van der Waals surface area contributed by atoms with Crippen LogP contribution in [-0.2, 0) is 14.3 Å². The summed E-state index contributed by atoms with van der Waals surface area (Å²) >= 11 is 5.74. The van der Waals surface area contributed by atoms with Gasteiger partial charge in [-0.25, -0.2) is 4.79 Å². The highest BCUT2D eigenvalue weighted by atomic mass is 35.5. The van der Waals surface area contributed by atoms with E-state index in [4.69, 9.17) is 21.1 Å². The van der Waals surface area contributed by atoms with Gasteiger partial charge in [0, 0.05) is 10.6 Å². The number of rotatable bonds is 6. The van der Waals surface area contributed by atoms with Crippen LogP contribution in [0.5, 0.6) is 5.75 Å². The number of esters is 1. The van der Waals surface area contributed by atoms with E-state index < -0.39 is 30.5 Å². The molecule has 7 nitrogen and oxygen atoms in total. The fraction of sp³-hybridized carbons (Fsp3) is 0.211. The van der Waals surface area contributed by atoms with Gasteiger partial charge in [-0.2, -0.15) is 0 Å². The standard InChI is InChI=1S/C19H19ClN2O5/c1-12-4-3-5-16(10-12)27-13(2)19(25)26-11-17(23)21-22-18(24)14-6-8-15(20)9-7-14/h3-10,13H,11H2,1-2H3,(H,21,23)(H,22,24)/t13-/m1/s1. The van der Waals surface area contributed by atoms with Crippen molar-refractivity contribution < 1.29 is 23.9 Å². The van der Waals surface area contributed by atoms with Gasteiger partial charge in [0.25, 0.3) is 11.8 Å². The lowest BCUT2D eigenvalue weighted by Gasteiger charge is -2.14. The van der Waals surface area contributed by atoms with Crippen LogP contribution in [0.15, 0.2) is 48.5 Å². The van der Waals surface area contributed by atoms with Gasteiger partial charge in [-0.15, -0.1) is 0 Å². The molecule has 1 atom stereocenters. The quantitative estimate of drug-likeness (QED) is 0.583. The molecule has 8 heteroatoms. The van der Waals surface area contributed by atoms with Crippen molar-refractivity contribution in [3.05, 3.63) is 64.7 Å². The topological polar surface area (TPSA) is 93.7 Å². The zero-order valence-electron chi connectivity index (χ0n) is 14.8. The summed E-state index contributed by atoms with van der Waals surface area (Å²) in [4.78, 5) is 35.4. The second-order valence-corrected chi connectivity index (χ2v) is 6.13. The molecule has 0 aliphatic carbocycles. The van der Waals surface area contributed by atoms with Gasteiger partial charge in [0.05, 0.1) is 0 Å². The highest BCUT2D eigenvalue weighted by molar-refractivity contribution is 6.30. The minimum Gasteiger partial charge on any atom is -0.479 e. The van der Waals surface area contributed by atoms with E-state index in [1.807, 2.05) is 13.0 Å². The van der Waals surface area contributed by atoms with E-state index in [0.29, 0.717) is 16.3 Å². The van der Waals surface area contributed by atoms with Gasteiger partial charge in [0.2, 0.25) is 0 Å². The summed E-state index contributed by atoms with van der Waals surface area (Å²) in [6.07, 6.45) is -0.886. The summed E-state index contributed by atoms with van der Waals surface area (Å²) in [5.74, 6) is -1.38. The van der Waals surface area contributed by atoms with Gasteiger partial charge in [-0.1, -0.05) is 23.7 Å². The number of aryl methyl sites for hydroxylation is 1. The van der Waals surface area contributed by atoms with Gasteiger partial charge >= 0.3 is 5.97 Å². The number of benzene rings is 2. The van der Waals surface area contributed by atoms with Crippen LogP contribution in [0.4, 0.5) is 0 Å². The number of carbonyl (C=O) groups excluding carboxylic acids is 3. The van der Waals surface area contributed by atoms with Crippen LogP contribution in [0.1, 0.15) is 22.8 Å². The average Bonchev–Trinajstić information content (AvgIpc) is 2.64. The molecule has 0 aliphatic heterocycles. The molecule has 0 saturated carbocycles. The van der Waals surface area contributed by atoms with Crippen molar-refractivity contribution in [2.45, 2.75) is 20.0 Å². The van der Waals surface area contributed by atoms with Gasteiger partial charge in [0.15, 0.2) is 12.7 Å². The predicted molar refractivity (Wildman–Crippen MR) is 99.3 cm³/mol. The van der Waals surface area contributed by atoms with Gasteiger partial charge in [-0.05, 0) is 55.8 Å². The third kappa shape index (κ3) is 6.63. The van der Waals surface area contributed by atoms with E-state index in [1.54, 1.807) is 30.3 Å². The number of ether oxygens (including phenoxy) is 2. The van der Waals surface area contributed by atoms with Gasteiger partial charge in [0.1, 0.15) is 5.75 Å². The van der Waals surface area contributed by atoms with Crippen LogP contribution < -0.4 is 15.6 Å². The van der Waals surface area contributed by atoms with Crippen LogP contribution >= 0.6 is 11.6 Å². The molecule has 2 rings (SSSR count). The first-order valence-electron chi connectivity index (χ1n) is 8.10. The Morgan fingerprint density at radius 2 is 1.78 bits per heavy atom. The van der Waals surface area contributed by atoms with Crippen molar-refractivity contribution in [3.63, 3.8) is 0 Å². The Kier molecular flexibility index (Phi) is 7.19. The molecule has 0 radical (unpaired) electrons. The lowest BCUT2D eigenvalue weighted by molar-refractivity contribution is -0.154. The van der Waals surface area contributed by atoms with Crippen LogP contribution in [0.25, 0.3) is 0 Å². The van der Waals surface area contributed by atoms with Crippen LogP contribution in [0, 0.1) is 6.92 Å². The zero-order valence-corrected chi connectivity index (χ0v) is 15.6. The molecule has 2 aromatic carbocycles. The number of hydrogen-bond donors (Lipinski definition) is 2. The monoisotopic (exact) mass is 390 g/mol. The number of amides is 2. The number of hydrazine groups is 1. The maximum Gasteiger partial charge on any atom is 0.347 e. The predicted octanol–water partition coefficient (Wildman–Crippen LogP) is 2.42. The van der Waals surface area contributed by atoms with Crippen LogP contribution in [0.2, 0.25) is 5.02 Å². The third-order valence-corrected chi connectivity index (χ3v) is 3.65. The first kappa shape index (κ1) is 20.3. The molecule has 27 heavy (non-hydrogen) atoms. The first-order valence-corrected chi connectivity index (χ1v) is 8.47. The molecular formula is C19H19ClN2O5. The normalized spacial score (nSPS) is 11.2. The summed E-state index contributed by atoms with van der Waals surface area (Å²) < 4.78 is 10.3. The second-order valence-electron chi connectivity index (χ2n) is 5.69. The van der Waals surface area contributed by atoms with Crippen molar-refractivity contribution in [2.75, 3.05) is 6.61 Å². The fourth-order valence-electron chi connectivity index (χ4n) is 2.03. The van der Waals surface area contributed by atoms with E-state index >= 15 is 0 Å². The molecule has 0 aromatic heterocycles. The van der Waals surface area contributed by atoms with Crippen molar-refractivity contribution in [3.8, 4) is 5.75 Å². The Hall–Kier alpha value is -3.06. The molecular weight excluding hydrogens is 372 g/mol. The van der Waals surface area contributed by atoms with E-state index in [1.165, 1.54) is 19.1 Å². The fourth-order valence-corrected chi connectivity index (χ4v) is 2.16. The molecule has 0 heterocycles. The number of hydrogen-bond acceptors (Lipinski definition) is 5. The summed E-state index contributed by atoms with van der Waals surface area (Å²) in [6.45, 7) is 2.87. The summed E-state index contributed by atoms with van der Waals surface area (Å²) in [7, 11) is 0. The molecule has 0 unspecified atom stereocenters. The summed E-state index contributed by atoms with van der Waals surface area (Å²) in [5.41, 5.74) is 5.68. The molecule has 2 amide bonds. The molecule has 2 aromatic rings. The summed E-state index contributed by atoms with van der Waals surface area (Å²) in [5, 5.41) is 0.490. The van der Waals surface area contributed by atoms with Crippen molar-refractivity contribution in [1.82, 2.24) is 10.9 Å². The second kappa shape index (κ2) is 9.59. The Labute approximate surface area is 161 Å². The van der Waals surface area contributed by atoms with Crippen LogP contribution in [-0.4, -0.2) is 30.5 Å². The third-order valence-electron chi connectivity index (χ3n) is 3.40. The van der Waals surface area contributed by atoms with E-state index in [2.05, 4.69) is 10.9 Å². The van der Waals surface area contributed by atoms with Crippen molar-refractivity contribution in [1.29, 1.82) is 0 Å². The first-order chi connectivity index (χ1) is 12.8. The molecule has 0 saturated heterocycles. The highest BCUT2D eigenvalue weighted by Crippen LogP contribution is 2.14. The van der Waals surface area contributed by atoms with Crippen molar-refractivity contribution >= 4 is 29.4 Å². The van der Waals surface area contributed by atoms with E-state index in [-0.39, 0.29) is 0 Å². The van der Waals surface area contributed by atoms with Gasteiger partial charge < -0.3 is 9.47 Å². The minimum atomic E-state index is -0.886. The Morgan fingerprint density at radius 1 is 1.07 bits per heavy atom. The number of carbonyl (C=O) groups is 3. The number of nitrogens with one attached hydrogen (secondary N) is 2. The Bertz CT molecular complexity index is 823. The maximum atomic E-state index is 11.9. The lowest BCUT2D eigenvalue weighted by Crippen LogP contribution is -2.44. The van der Waals surface area contributed by atoms with E-state index in [9.17, 15) is 14.4 Å². The maximum absolute atomic E-state index is 11.9. The lowest BCUT2D eigenvalue weighted by atomic mass is 10.2. The molecule has 0 fully saturated rings. The summed E-state index contributed by atoms with van der Waals surface area (Å²) in [6, 6.07) is 13.3. The average molecular weight is 391 g/mol. The minimum absolute atomic E-state index is 0.317. The van der Waals surface area contributed by atoms with Crippen molar-refractivity contribution in [2.24, 2.45) is 0 Å². The highest BCUT2D eigenvalue weighted by Gasteiger charge is 2.18. The SMILES string of the molecule is Cc1cccc(O[C@H](C)C(=O)OCC(=O)NNC(=O)c2ccc(Cl)cc2)c1.